The highest BCUT2D eigenvalue weighted by Gasteiger charge is 2.12. The van der Waals surface area contributed by atoms with E-state index in [4.69, 9.17) is 5.73 Å². The van der Waals surface area contributed by atoms with Gasteiger partial charge >= 0.3 is 0 Å². The molecule has 0 saturated carbocycles. The highest BCUT2D eigenvalue weighted by Crippen LogP contribution is 2.20. The highest BCUT2D eigenvalue weighted by molar-refractivity contribution is 5.28. The molecule has 1 unspecified atom stereocenters. The lowest BCUT2D eigenvalue weighted by Crippen LogP contribution is -2.14. The summed E-state index contributed by atoms with van der Waals surface area (Å²) in [7, 11) is 0. The van der Waals surface area contributed by atoms with E-state index in [9.17, 15) is 8.78 Å². The third kappa shape index (κ3) is 2.47. The first-order chi connectivity index (χ1) is 8.08. The number of rotatable bonds is 2. The molecule has 1 aromatic heterocycles. The van der Waals surface area contributed by atoms with Crippen molar-refractivity contribution in [3.8, 4) is 0 Å². The SMILES string of the molecule is Cc1cccc(C(N)c2ccc(F)c(F)c2)n1. The molecule has 17 heavy (non-hydrogen) atoms. The smallest absolute Gasteiger partial charge is 0.159 e. The van der Waals surface area contributed by atoms with Crippen molar-refractivity contribution in [3.63, 3.8) is 0 Å². The van der Waals surface area contributed by atoms with Crippen LogP contribution in [0.5, 0.6) is 0 Å². The monoisotopic (exact) mass is 234 g/mol. The van der Waals surface area contributed by atoms with E-state index in [1.807, 2.05) is 19.1 Å². The highest BCUT2D eigenvalue weighted by atomic mass is 19.2. The van der Waals surface area contributed by atoms with Crippen LogP contribution in [0.25, 0.3) is 0 Å². The molecule has 2 aromatic rings. The average molecular weight is 234 g/mol. The Bertz CT molecular complexity index is 541. The Balaban J connectivity index is 2.36. The zero-order chi connectivity index (χ0) is 12.4. The van der Waals surface area contributed by atoms with Crippen LogP contribution < -0.4 is 5.73 Å². The van der Waals surface area contributed by atoms with Crippen molar-refractivity contribution in [3.05, 3.63) is 65.0 Å². The van der Waals surface area contributed by atoms with E-state index in [1.54, 1.807) is 6.07 Å². The lowest BCUT2D eigenvalue weighted by Gasteiger charge is -2.12. The fraction of sp³-hybridized carbons (Fsp3) is 0.154. The number of hydrogen-bond acceptors (Lipinski definition) is 2. The van der Waals surface area contributed by atoms with Crippen molar-refractivity contribution in [2.45, 2.75) is 13.0 Å². The lowest BCUT2D eigenvalue weighted by molar-refractivity contribution is 0.506. The van der Waals surface area contributed by atoms with Crippen LogP contribution in [0.4, 0.5) is 8.78 Å². The predicted octanol–water partition coefficient (Wildman–Crippen LogP) is 2.72. The zero-order valence-electron chi connectivity index (χ0n) is 9.32. The molecular formula is C13H12F2N2. The van der Waals surface area contributed by atoms with Crippen LogP contribution in [0.3, 0.4) is 0 Å². The van der Waals surface area contributed by atoms with Crippen molar-refractivity contribution >= 4 is 0 Å². The van der Waals surface area contributed by atoms with Crippen molar-refractivity contribution < 1.29 is 8.78 Å². The quantitative estimate of drug-likeness (QED) is 0.867. The van der Waals surface area contributed by atoms with Crippen molar-refractivity contribution in [2.75, 3.05) is 0 Å². The predicted molar refractivity (Wildman–Crippen MR) is 61.4 cm³/mol. The molecule has 2 nitrogen and oxygen atoms in total. The summed E-state index contributed by atoms with van der Waals surface area (Å²) < 4.78 is 25.9. The van der Waals surface area contributed by atoms with Crippen LogP contribution in [0.2, 0.25) is 0 Å². The number of nitrogens with zero attached hydrogens (tertiary/aromatic N) is 1. The molecule has 0 bridgehead atoms. The van der Waals surface area contributed by atoms with Gasteiger partial charge in [0, 0.05) is 5.69 Å². The first-order valence-corrected chi connectivity index (χ1v) is 5.22. The van der Waals surface area contributed by atoms with Gasteiger partial charge in [-0.25, -0.2) is 8.78 Å². The topological polar surface area (TPSA) is 38.9 Å². The average Bonchev–Trinajstić information content (AvgIpc) is 2.32. The molecule has 0 aliphatic heterocycles. The van der Waals surface area contributed by atoms with Gasteiger partial charge in [-0.3, -0.25) is 4.98 Å². The van der Waals surface area contributed by atoms with E-state index in [1.165, 1.54) is 6.07 Å². The first kappa shape index (κ1) is 11.7. The molecule has 1 aromatic carbocycles. The van der Waals surface area contributed by atoms with Crippen molar-refractivity contribution in [1.29, 1.82) is 0 Å². The summed E-state index contributed by atoms with van der Waals surface area (Å²) in [6.45, 7) is 1.85. The fourth-order valence-corrected chi connectivity index (χ4v) is 1.61. The van der Waals surface area contributed by atoms with E-state index in [-0.39, 0.29) is 0 Å². The van der Waals surface area contributed by atoms with Crippen LogP contribution in [-0.4, -0.2) is 4.98 Å². The van der Waals surface area contributed by atoms with Gasteiger partial charge in [0.2, 0.25) is 0 Å². The standard InChI is InChI=1S/C13H12F2N2/c1-8-3-2-4-12(17-8)13(16)9-5-6-10(14)11(15)7-9/h2-7,13H,16H2,1H3. The number of benzene rings is 1. The summed E-state index contributed by atoms with van der Waals surface area (Å²) in [5.74, 6) is -1.77. The van der Waals surface area contributed by atoms with Gasteiger partial charge in [0.05, 0.1) is 11.7 Å². The molecule has 0 radical (unpaired) electrons. The van der Waals surface area contributed by atoms with E-state index in [0.717, 1.165) is 17.8 Å². The van der Waals surface area contributed by atoms with E-state index >= 15 is 0 Å². The summed E-state index contributed by atoms with van der Waals surface area (Å²) in [6.07, 6.45) is 0. The van der Waals surface area contributed by atoms with Gasteiger partial charge in [-0.1, -0.05) is 12.1 Å². The second kappa shape index (κ2) is 4.59. The Morgan fingerprint density at radius 3 is 2.53 bits per heavy atom. The minimum Gasteiger partial charge on any atom is -0.319 e. The normalized spacial score (nSPS) is 12.5. The van der Waals surface area contributed by atoms with Gasteiger partial charge in [0.15, 0.2) is 11.6 Å². The maximum Gasteiger partial charge on any atom is 0.159 e. The molecular weight excluding hydrogens is 222 g/mol. The molecule has 1 heterocycles. The number of nitrogens with two attached hydrogens (primary N) is 1. The Morgan fingerprint density at radius 2 is 1.88 bits per heavy atom. The van der Waals surface area contributed by atoms with E-state index in [2.05, 4.69) is 4.98 Å². The minimum absolute atomic E-state index is 0.502. The largest absolute Gasteiger partial charge is 0.319 e. The third-order valence-corrected chi connectivity index (χ3v) is 2.53. The van der Waals surface area contributed by atoms with Gasteiger partial charge in [0.1, 0.15) is 0 Å². The Morgan fingerprint density at radius 1 is 1.12 bits per heavy atom. The van der Waals surface area contributed by atoms with Gasteiger partial charge in [-0.2, -0.15) is 0 Å². The summed E-state index contributed by atoms with van der Waals surface area (Å²) in [5, 5.41) is 0. The number of hydrogen-bond donors (Lipinski definition) is 1. The van der Waals surface area contributed by atoms with Gasteiger partial charge in [0.25, 0.3) is 0 Å². The molecule has 4 heteroatoms. The molecule has 2 N–H and O–H groups in total. The number of aromatic nitrogens is 1. The summed E-state index contributed by atoms with van der Waals surface area (Å²) in [5.41, 5.74) is 7.92. The minimum atomic E-state index is -0.898. The Kier molecular flexibility index (Phi) is 3.15. The van der Waals surface area contributed by atoms with Crippen LogP contribution in [-0.2, 0) is 0 Å². The van der Waals surface area contributed by atoms with E-state index in [0.29, 0.717) is 11.3 Å². The molecule has 1 atom stereocenters. The molecule has 88 valence electrons. The second-order valence-corrected chi connectivity index (χ2v) is 3.86. The van der Waals surface area contributed by atoms with Crippen LogP contribution >= 0.6 is 0 Å². The van der Waals surface area contributed by atoms with Crippen molar-refractivity contribution in [1.82, 2.24) is 4.98 Å². The van der Waals surface area contributed by atoms with Crippen molar-refractivity contribution in [2.24, 2.45) is 5.73 Å². The fourth-order valence-electron chi connectivity index (χ4n) is 1.61. The van der Waals surface area contributed by atoms with E-state index < -0.39 is 17.7 Å². The first-order valence-electron chi connectivity index (χ1n) is 5.22. The Labute approximate surface area is 98.1 Å². The summed E-state index contributed by atoms with van der Waals surface area (Å²) in [4.78, 5) is 4.26. The Hall–Kier alpha value is -1.81. The number of aryl methyl sites for hydroxylation is 1. The molecule has 0 aliphatic rings. The third-order valence-electron chi connectivity index (χ3n) is 2.53. The second-order valence-electron chi connectivity index (χ2n) is 3.86. The van der Waals surface area contributed by atoms with Crippen LogP contribution in [0, 0.1) is 18.6 Å². The molecule has 0 spiro atoms. The zero-order valence-corrected chi connectivity index (χ0v) is 9.32. The number of halogens is 2. The maximum absolute atomic E-state index is 13.1. The van der Waals surface area contributed by atoms with Gasteiger partial charge in [-0.05, 0) is 36.8 Å². The molecule has 0 aliphatic carbocycles. The molecule has 0 saturated heterocycles. The lowest BCUT2D eigenvalue weighted by atomic mass is 10.0. The summed E-state index contributed by atoms with van der Waals surface area (Å²) in [6, 6.07) is 8.53. The molecule has 2 rings (SSSR count). The number of pyridine rings is 1. The van der Waals surface area contributed by atoms with Crippen LogP contribution in [0.15, 0.2) is 36.4 Å². The van der Waals surface area contributed by atoms with Gasteiger partial charge in [-0.15, -0.1) is 0 Å². The molecule has 0 amide bonds. The molecule has 0 fully saturated rings. The maximum atomic E-state index is 13.1. The van der Waals surface area contributed by atoms with Gasteiger partial charge < -0.3 is 5.73 Å². The summed E-state index contributed by atoms with van der Waals surface area (Å²) >= 11 is 0. The van der Waals surface area contributed by atoms with Crippen LogP contribution in [0.1, 0.15) is 23.0 Å².